The fraction of sp³-hybridized carbons (Fsp3) is 0.909. The number of unbranched alkanes of at least 4 members (excludes halogenated alkanes) is 1. The lowest BCUT2D eigenvalue weighted by Gasteiger charge is -2.37. The maximum atomic E-state index is 5.46. The molecule has 4 heteroatoms. The van der Waals surface area contributed by atoms with Crippen LogP contribution in [-0.4, -0.2) is 54.1 Å². The van der Waals surface area contributed by atoms with Crippen molar-refractivity contribution < 1.29 is 0 Å². The Labute approximate surface area is 98.6 Å². The Bertz CT molecular complexity index is 208. The topological polar surface area (TPSA) is 32.5 Å². The van der Waals surface area contributed by atoms with Crippen LogP contribution in [0.3, 0.4) is 0 Å². The van der Waals surface area contributed by atoms with E-state index in [4.69, 9.17) is 18.0 Å². The molecule has 1 unspecified atom stereocenters. The van der Waals surface area contributed by atoms with Crippen LogP contribution in [0.5, 0.6) is 0 Å². The van der Waals surface area contributed by atoms with Gasteiger partial charge in [0.2, 0.25) is 0 Å². The number of piperazine rings is 1. The van der Waals surface area contributed by atoms with Crippen LogP contribution in [0.1, 0.15) is 26.2 Å². The summed E-state index contributed by atoms with van der Waals surface area (Å²) in [7, 11) is 2.20. The van der Waals surface area contributed by atoms with Gasteiger partial charge in [-0.05, 0) is 39.8 Å². The second kappa shape index (κ2) is 6.40. The van der Waals surface area contributed by atoms with Gasteiger partial charge in [0.1, 0.15) is 0 Å². The first kappa shape index (κ1) is 12.9. The highest BCUT2D eigenvalue weighted by molar-refractivity contribution is 7.80. The van der Waals surface area contributed by atoms with Gasteiger partial charge >= 0.3 is 0 Å². The molecule has 88 valence electrons. The fourth-order valence-electron chi connectivity index (χ4n) is 1.96. The molecule has 0 aliphatic carbocycles. The average molecular weight is 229 g/mol. The minimum atomic E-state index is 0.654. The van der Waals surface area contributed by atoms with Gasteiger partial charge in [-0.1, -0.05) is 12.2 Å². The molecule has 0 spiro atoms. The Hall–Kier alpha value is -0.190. The summed E-state index contributed by atoms with van der Waals surface area (Å²) in [6.07, 6.45) is 3.25. The summed E-state index contributed by atoms with van der Waals surface area (Å²) in [4.78, 5) is 5.62. The monoisotopic (exact) mass is 229 g/mol. The van der Waals surface area contributed by atoms with E-state index in [1.807, 2.05) is 0 Å². The van der Waals surface area contributed by atoms with E-state index in [0.717, 1.165) is 12.8 Å². The molecule has 0 saturated carbocycles. The highest BCUT2D eigenvalue weighted by Gasteiger charge is 2.19. The number of nitrogens with zero attached hydrogens (tertiary/aromatic N) is 2. The van der Waals surface area contributed by atoms with Crippen LogP contribution in [0.15, 0.2) is 0 Å². The third-order valence-corrected chi connectivity index (χ3v) is 3.40. The third-order valence-electron chi connectivity index (χ3n) is 3.19. The number of thiocarbonyl (C=S) groups is 1. The summed E-state index contributed by atoms with van der Waals surface area (Å²) >= 11 is 4.86. The van der Waals surface area contributed by atoms with Crippen molar-refractivity contribution in [3.63, 3.8) is 0 Å². The van der Waals surface area contributed by atoms with Crippen molar-refractivity contribution in [3.8, 4) is 0 Å². The van der Waals surface area contributed by atoms with Gasteiger partial charge in [0, 0.05) is 25.7 Å². The smallest absolute Gasteiger partial charge is 0.0727 e. The molecule has 0 aromatic carbocycles. The maximum Gasteiger partial charge on any atom is 0.0727 e. The third kappa shape index (κ3) is 4.91. The Morgan fingerprint density at radius 1 is 1.40 bits per heavy atom. The number of nitrogens with two attached hydrogens (primary N) is 1. The zero-order valence-electron chi connectivity index (χ0n) is 9.91. The second-order valence-corrected chi connectivity index (χ2v) is 5.08. The molecule has 1 rings (SSSR count). The molecule has 15 heavy (non-hydrogen) atoms. The predicted octanol–water partition coefficient (Wildman–Crippen LogP) is 1.08. The molecule has 0 bridgehead atoms. The molecule has 0 aromatic rings. The van der Waals surface area contributed by atoms with E-state index in [2.05, 4.69) is 23.8 Å². The van der Waals surface area contributed by atoms with Crippen molar-refractivity contribution >= 4 is 17.2 Å². The van der Waals surface area contributed by atoms with Crippen molar-refractivity contribution in [2.45, 2.75) is 32.2 Å². The van der Waals surface area contributed by atoms with Crippen molar-refractivity contribution in [2.75, 3.05) is 33.2 Å². The zero-order chi connectivity index (χ0) is 11.3. The molecule has 1 saturated heterocycles. The summed E-state index contributed by atoms with van der Waals surface area (Å²) in [5.74, 6) is 0. The van der Waals surface area contributed by atoms with E-state index >= 15 is 0 Å². The lowest BCUT2D eigenvalue weighted by atomic mass is 10.1. The van der Waals surface area contributed by atoms with Crippen LogP contribution in [0.25, 0.3) is 0 Å². The quantitative estimate of drug-likeness (QED) is 0.565. The maximum absolute atomic E-state index is 5.46. The van der Waals surface area contributed by atoms with Gasteiger partial charge in [-0.2, -0.15) is 0 Å². The van der Waals surface area contributed by atoms with E-state index in [0.29, 0.717) is 11.0 Å². The van der Waals surface area contributed by atoms with Crippen molar-refractivity contribution in [1.29, 1.82) is 0 Å². The Morgan fingerprint density at radius 3 is 2.73 bits per heavy atom. The SMILES string of the molecule is CC1CN(CCCCC(N)=S)CCN1C. The summed E-state index contributed by atoms with van der Waals surface area (Å²) in [6, 6.07) is 0.689. The number of hydrogen-bond acceptors (Lipinski definition) is 3. The van der Waals surface area contributed by atoms with Gasteiger partial charge in [0.25, 0.3) is 0 Å². The minimum Gasteiger partial charge on any atom is -0.393 e. The Balaban J connectivity index is 2.09. The molecule has 0 amide bonds. The fourth-order valence-corrected chi connectivity index (χ4v) is 2.11. The van der Waals surface area contributed by atoms with Gasteiger partial charge in [0.05, 0.1) is 4.99 Å². The van der Waals surface area contributed by atoms with Gasteiger partial charge in [-0.25, -0.2) is 0 Å². The molecule has 1 fully saturated rings. The molecule has 1 aliphatic rings. The molecule has 1 atom stereocenters. The lowest BCUT2D eigenvalue weighted by Crippen LogP contribution is -2.50. The van der Waals surface area contributed by atoms with Gasteiger partial charge in [-0.15, -0.1) is 0 Å². The van der Waals surface area contributed by atoms with Gasteiger partial charge in [0.15, 0.2) is 0 Å². The van der Waals surface area contributed by atoms with E-state index in [1.165, 1.54) is 32.6 Å². The number of likely N-dealkylation sites (N-methyl/N-ethyl adjacent to an activating group) is 1. The van der Waals surface area contributed by atoms with Crippen LogP contribution >= 0.6 is 12.2 Å². The van der Waals surface area contributed by atoms with E-state index in [1.54, 1.807) is 0 Å². The largest absolute Gasteiger partial charge is 0.393 e. The molecule has 2 N–H and O–H groups in total. The van der Waals surface area contributed by atoms with Gasteiger partial charge < -0.3 is 15.5 Å². The first-order valence-corrected chi connectivity index (χ1v) is 6.21. The van der Waals surface area contributed by atoms with E-state index in [-0.39, 0.29) is 0 Å². The highest BCUT2D eigenvalue weighted by atomic mass is 32.1. The molecule has 0 aromatic heterocycles. The average Bonchev–Trinajstić information content (AvgIpc) is 2.18. The second-order valence-electron chi connectivity index (χ2n) is 4.55. The molecular formula is C11H23N3S. The zero-order valence-corrected chi connectivity index (χ0v) is 10.7. The van der Waals surface area contributed by atoms with E-state index < -0.39 is 0 Å². The molecular weight excluding hydrogens is 206 g/mol. The van der Waals surface area contributed by atoms with Gasteiger partial charge in [-0.3, -0.25) is 0 Å². The standard InChI is InChI=1S/C11H23N3S/c1-10-9-14(8-7-13(10)2)6-4-3-5-11(12)15/h10H,3-9H2,1-2H3,(H2,12,15). The highest BCUT2D eigenvalue weighted by Crippen LogP contribution is 2.08. The predicted molar refractivity (Wildman–Crippen MR) is 69.2 cm³/mol. The minimum absolute atomic E-state index is 0.654. The summed E-state index contributed by atoms with van der Waals surface area (Å²) in [5.41, 5.74) is 5.46. The number of hydrogen-bond donors (Lipinski definition) is 1. The molecule has 1 aliphatic heterocycles. The van der Waals surface area contributed by atoms with Crippen molar-refractivity contribution in [2.24, 2.45) is 5.73 Å². The van der Waals surface area contributed by atoms with E-state index in [9.17, 15) is 0 Å². The number of rotatable bonds is 5. The van der Waals surface area contributed by atoms with Crippen LogP contribution in [0.4, 0.5) is 0 Å². The summed E-state index contributed by atoms with van der Waals surface area (Å²) in [6.45, 7) is 7.08. The van der Waals surface area contributed by atoms with Crippen molar-refractivity contribution in [1.82, 2.24) is 9.80 Å². The molecule has 0 radical (unpaired) electrons. The van der Waals surface area contributed by atoms with Crippen LogP contribution in [0.2, 0.25) is 0 Å². The first-order chi connectivity index (χ1) is 7.09. The summed E-state index contributed by atoms with van der Waals surface area (Å²) in [5, 5.41) is 0. The van der Waals surface area contributed by atoms with Crippen LogP contribution in [-0.2, 0) is 0 Å². The molecule has 3 nitrogen and oxygen atoms in total. The normalized spacial score (nSPS) is 24.3. The van der Waals surface area contributed by atoms with Crippen LogP contribution in [0, 0.1) is 0 Å². The lowest BCUT2D eigenvalue weighted by molar-refractivity contribution is 0.104. The van der Waals surface area contributed by atoms with Crippen molar-refractivity contribution in [3.05, 3.63) is 0 Å². The summed E-state index contributed by atoms with van der Waals surface area (Å²) < 4.78 is 0. The first-order valence-electron chi connectivity index (χ1n) is 5.80. The molecule has 1 heterocycles. The Kier molecular flexibility index (Phi) is 5.50. The van der Waals surface area contributed by atoms with Crippen LogP contribution < -0.4 is 5.73 Å². The Morgan fingerprint density at radius 2 is 2.13 bits per heavy atom.